The van der Waals surface area contributed by atoms with E-state index >= 15 is 0 Å². The van der Waals surface area contributed by atoms with E-state index in [1.54, 1.807) is 11.8 Å². The maximum atomic E-state index is 12.2. The van der Waals surface area contributed by atoms with Crippen molar-refractivity contribution in [2.45, 2.75) is 5.75 Å². The van der Waals surface area contributed by atoms with Crippen molar-refractivity contribution < 1.29 is 4.79 Å². The molecule has 4 heteroatoms. The highest BCUT2D eigenvalue weighted by Crippen LogP contribution is 2.24. The van der Waals surface area contributed by atoms with Crippen LogP contribution in [0, 0.1) is 0 Å². The second-order valence-corrected chi connectivity index (χ2v) is 6.55. The molecule has 1 amide bonds. The number of rotatable bonds is 5. The van der Waals surface area contributed by atoms with E-state index in [9.17, 15) is 4.79 Å². The fourth-order valence-corrected chi connectivity index (χ4v) is 3.50. The summed E-state index contributed by atoms with van der Waals surface area (Å²) in [6.07, 6.45) is 0. The van der Waals surface area contributed by atoms with E-state index in [2.05, 4.69) is 5.32 Å². The second-order valence-electron chi connectivity index (χ2n) is 5.16. The number of carbonyl (C=O) groups is 1. The van der Waals surface area contributed by atoms with E-state index in [1.807, 2.05) is 66.7 Å². The summed E-state index contributed by atoms with van der Waals surface area (Å²) in [4.78, 5) is 12.2. The number of carbonyl (C=O) groups excluding carboxylic acids is 1. The van der Waals surface area contributed by atoms with Gasteiger partial charge in [-0.3, -0.25) is 4.79 Å². The largest absolute Gasteiger partial charge is 0.325 e. The zero-order valence-electron chi connectivity index (χ0n) is 12.5. The average Bonchev–Trinajstić information content (AvgIpc) is 2.57. The van der Waals surface area contributed by atoms with Gasteiger partial charge in [0.1, 0.15) is 0 Å². The zero-order chi connectivity index (χ0) is 16.1. The van der Waals surface area contributed by atoms with E-state index in [1.165, 1.54) is 0 Å². The summed E-state index contributed by atoms with van der Waals surface area (Å²) >= 11 is 7.68. The lowest BCUT2D eigenvalue weighted by atomic mass is 10.1. The van der Waals surface area contributed by atoms with Crippen molar-refractivity contribution in [2.24, 2.45) is 0 Å². The first kappa shape index (κ1) is 15.9. The first-order valence-electron chi connectivity index (χ1n) is 7.33. The minimum Gasteiger partial charge on any atom is -0.325 e. The third kappa shape index (κ3) is 4.06. The molecule has 1 N–H and O–H groups in total. The molecule has 0 unspecified atom stereocenters. The van der Waals surface area contributed by atoms with Gasteiger partial charge in [-0.1, -0.05) is 66.2 Å². The van der Waals surface area contributed by atoms with Crippen LogP contribution >= 0.6 is 23.4 Å². The Morgan fingerprint density at radius 2 is 1.70 bits per heavy atom. The second kappa shape index (κ2) is 7.53. The molecule has 0 radical (unpaired) electrons. The fourth-order valence-electron chi connectivity index (χ4n) is 2.39. The lowest BCUT2D eigenvalue weighted by Gasteiger charge is -2.09. The van der Waals surface area contributed by atoms with Gasteiger partial charge in [-0.25, -0.2) is 0 Å². The molecular weight excluding hydrogens is 326 g/mol. The SMILES string of the molecule is O=C(CSCc1ccccc1Cl)Nc1cccc2ccccc12. The zero-order valence-corrected chi connectivity index (χ0v) is 14.0. The molecule has 3 rings (SSSR count). The van der Waals surface area contributed by atoms with Crippen molar-refractivity contribution >= 4 is 45.7 Å². The Balaban J connectivity index is 1.60. The van der Waals surface area contributed by atoms with Crippen molar-refractivity contribution in [3.63, 3.8) is 0 Å². The lowest BCUT2D eigenvalue weighted by molar-refractivity contribution is -0.113. The Morgan fingerprint density at radius 1 is 0.957 bits per heavy atom. The van der Waals surface area contributed by atoms with Gasteiger partial charge in [-0.15, -0.1) is 11.8 Å². The molecule has 23 heavy (non-hydrogen) atoms. The Kier molecular flexibility index (Phi) is 5.21. The van der Waals surface area contributed by atoms with E-state index < -0.39 is 0 Å². The van der Waals surface area contributed by atoms with Crippen LogP contribution in [0.4, 0.5) is 5.69 Å². The van der Waals surface area contributed by atoms with Gasteiger partial charge in [-0.2, -0.15) is 0 Å². The Hall–Kier alpha value is -1.97. The molecule has 0 spiro atoms. The molecule has 0 saturated carbocycles. The minimum atomic E-state index is -0.00148. The van der Waals surface area contributed by atoms with Gasteiger partial charge in [0.15, 0.2) is 0 Å². The predicted octanol–water partition coefficient (Wildman–Crippen LogP) is 5.37. The molecular formula is C19H16ClNOS. The quantitative estimate of drug-likeness (QED) is 0.676. The molecule has 0 fully saturated rings. The van der Waals surface area contributed by atoms with E-state index in [0.29, 0.717) is 5.75 Å². The fraction of sp³-hybridized carbons (Fsp3) is 0.105. The van der Waals surface area contributed by atoms with Crippen molar-refractivity contribution in [3.05, 3.63) is 77.3 Å². The van der Waals surface area contributed by atoms with Crippen LogP contribution < -0.4 is 5.32 Å². The third-order valence-corrected chi connectivity index (χ3v) is 4.86. The first-order chi connectivity index (χ1) is 11.2. The van der Waals surface area contributed by atoms with E-state index in [-0.39, 0.29) is 5.91 Å². The highest BCUT2D eigenvalue weighted by atomic mass is 35.5. The maximum absolute atomic E-state index is 12.2. The minimum absolute atomic E-state index is 0.00148. The molecule has 0 bridgehead atoms. The molecule has 0 saturated heterocycles. The number of amides is 1. The topological polar surface area (TPSA) is 29.1 Å². The molecule has 0 aromatic heterocycles. The number of hydrogen-bond acceptors (Lipinski definition) is 2. The first-order valence-corrected chi connectivity index (χ1v) is 8.86. The monoisotopic (exact) mass is 341 g/mol. The van der Waals surface area contributed by atoms with Gasteiger partial charge < -0.3 is 5.32 Å². The maximum Gasteiger partial charge on any atom is 0.234 e. The van der Waals surface area contributed by atoms with Gasteiger partial charge in [0.05, 0.1) is 5.75 Å². The third-order valence-electron chi connectivity index (χ3n) is 3.51. The van der Waals surface area contributed by atoms with Crippen LogP contribution in [0.2, 0.25) is 5.02 Å². The molecule has 3 aromatic carbocycles. The number of fused-ring (bicyclic) bond motifs is 1. The molecule has 0 aliphatic heterocycles. The summed E-state index contributed by atoms with van der Waals surface area (Å²) in [5.74, 6) is 1.12. The van der Waals surface area contributed by atoms with Gasteiger partial charge in [0, 0.05) is 21.8 Å². The van der Waals surface area contributed by atoms with Crippen LogP contribution in [0.1, 0.15) is 5.56 Å². The Labute approximate surface area is 144 Å². The van der Waals surface area contributed by atoms with Crippen LogP contribution in [0.3, 0.4) is 0 Å². The number of halogens is 1. The molecule has 0 heterocycles. The molecule has 0 aliphatic rings. The molecule has 0 atom stereocenters. The standard InChI is InChI=1S/C19H16ClNOS/c20-17-10-4-2-7-15(17)12-23-13-19(22)21-18-11-5-8-14-6-1-3-9-16(14)18/h1-11H,12-13H2,(H,21,22). The molecule has 2 nitrogen and oxygen atoms in total. The van der Waals surface area contributed by atoms with Gasteiger partial charge >= 0.3 is 0 Å². The number of nitrogens with one attached hydrogen (secondary N) is 1. The summed E-state index contributed by atoms with van der Waals surface area (Å²) < 4.78 is 0. The molecule has 0 aliphatic carbocycles. The number of thioether (sulfide) groups is 1. The normalized spacial score (nSPS) is 10.7. The summed E-state index contributed by atoms with van der Waals surface area (Å²) in [6, 6.07) is 21.7. The van der Waals surface area contributed by atoms with Crippen LogP contribution in [0.15, 0.2) is 66.7 Å². The van der Waals surface area contributed by atoms with Crippen LogP contribution in [-0.4, -0.2) is 11.7 Å². The summed E-state index contributed by atoms with van der Waals surface area (Å²) in [6.45, 7) is 0. The predicted molar refractivity (Wildman–Crippen MR) is 100 cm³/mol. The van der Waals surface area contributed by atoms with Gasteiger partial charge in [0.2, 0.25) is 5.91 Å². The highest BCUT2D eigenvalue weighted by Gasteiger charge is 2.07. The lowest BCUT2D eigenvalue weighted by Crippen LogP contribution is -2.14. The Bertz CT molecular complexity index is 829. The number of hydrogen-bond donors (Lipinski definition) is 1. The average molecular weight is 342 g/mol. The van der Waals surface area contributed by atoms with Gasteiger partial charge in [0.25, 0.3) is 0 Å². The smallest absolute Gasteiger partial charge is 0.234 e. The van der Waals surface area contributed by atoms with Gasteiger partial charge in [-0.05, 0) is 23.1 Å². The number of benzene rings is 3. The highest BCUT2D eigenvalue weighted by molar-refractivity contribution is 7.99. The number of anilines is 1. The van der Waals surface area contributed by atoms with Crippen molar-refractivity contribution in [1.82, 2.24) is 0 Å². The Morgan fingerprint density at radius 3 is 2.57 bits per heavy atom. The van der Waals surface area contributed by atoms with Crippen LogP contribution in [0.5, 0.6) is 0 Å². The molecule has 3 aromatic rings. The van der Waals surface area contributed by atoms with Crippen LogP contribution in [0.25, 0.3) is 10.8 Å². The summed E-state index contributed by atoms with van der Waals surface area (Å²) in [5.41, 5.74) is 1.91. The van der Waals surface area contributed by atoms with Crippen molar-refractivity contribution in [3.8, 4) is 0 Å². The van der Waals surface area contributed by atoms with E-state index in [4.69, 9.17) is 11.6 Å². The van der Waals surface area contributed by atoms with Crippen molar-refractivity contribution in [2.75, 3.05) is 11.1 Å². The summed E-state index contributed by atoms with van der Waals surface area (Å²) in [5, 5.41) is 5.91. The summed E-state index contributed by atoms with van der Waals surface area (Å²) in [7, 11) is 0. The van der Waals surface area contributed by atoms with Crippen LogP contribution in [-0.2, 0) is 10.5 Å². The van der Waals surface area contributed by atoms with E-state index in [0.717, 1.165) is 32.8 Å². The molecule has 116 valence electrons. The van der Waals surface area contributed by atoms with Crippen molar-refractivity contribution in [1.29, 1.82) is 0 Å².